The Morgan fingerprint density at radius 2 is 1.44 bits per heavy atom. The predicted octanol–water partition coefficient (Wildman–Crippen LogP) is 4.84. The number of esters is 2. The first-order valence-corrected chi connectivity index (χ1v) is 11.4. The third kappa shape index (κ3) is 13.1. The van der Waals surface area contributed by atoms with Gasteiger partial charge >= 0.3 is 11.9 Å². The lowest BCUT2D eigenvalue weighted by Crippen LogP contribution is -2.26. The molecule has 1 aromatic rings. The van der Waals surface area contributed by atoms with E-state index in [1.807, 2.05) is 24.3 Å². The highest BCUT2D eigenvalue weighted by molar-refractivity contribution is 5.82. The van der Waals surface area contributed by atoms with Crippen molar-refractivity contribution in [3.05, 3.63) is 60.7 Å². The van der Waals surface area contributed by atoms with E-state index in [9.17, 15) is 9.59 Å². The molecule has 0 heterocycles. The molecule has 0 aliphatic heterocycles. The van der Waals surface area contributed by atoms with Gasteiger partial charge in [0, 0.05) is 12.2 Å². The number of aliphatic hydroxyl groups excluding tert-OH is 2. The molecule has 0 spiro atoms. The average molecular weight is 449 g/mol. The highest BCUT2D eigenvalue weighted by atomic mass is 16.6. The molecular formula is C26H40O6. The van der Waals surface area contributed by atoms with Gasteiger partial charge in [0.15, 0.2) is 6.10 Å². The number of aryl methyl sites for hydroxylation is 1. The molecule has 0 saturated carbocycles. The number of carbonyl (C=O) groups excluding carboxylic acids is 2. The highest BCUT2D eigenvalue weighted by Gasteiger charge is 2.27. The van der Waals surface area contributed by atoms with Crippen molar-refractivity contribution in [2.75, 3.05) is 13.2 Å². The lowest BCUT2D eigenvalue weighted by atomic mass is 9.95. The van der Waals surface area contributed by atoms with Crippen molar-refractivity contribution >= 4 is 11.9 Å². The zero-order valence-corrected chi connectivity index (χ0v) is 19.6. The summed E-state index contributed by atoms with van der Waals surface area (Å²) in [4.78, 5) is 23.5. The van der Waals surface area contributed by atoms with E-state index >= 15 is 0 Å². The molecule has 180 valence electrons. The van der Waals surface area contributed by atoms with E-state index in [4.69, 9.17) is 19.7 Å². The van der Waals surface area contributed by atoms with Crippen molar-refractivity contribution in [1.29, 1.82) is 0 Å². The molecule has 6 heteroatoms. The van der Waals surface area contributed by atoms with Gasteiger partial charge in [0.1, 0.15) is 6.10 Å². The fraction of sp³-hybridized carbons (Fsp3) is 0.538. The number of aliphatic hydroxyl groups is 2. The van der Waals surface area contributed by atoms with Crippen LogP contribution in [0.4, 0.5) is 0 Å². The summed E-state index contributed by atoms with van der Waals surface area (Å²) in [5.74, 6) is -1.09. The van der Waals surface area contributed by atoms with E-state index in [-0.39, 0.29) is 13.2 Å². The average Bonchev–Trinajstić information content (AvgIpc) is 2.82. The van der Waals surface area contributed by atoms with Crippen molar-refractivity contribution in [1.82, 2.24) is 0 Å². The summed E-state index contributed by atoms with van der Waals surface area (Å²) in [5.41, 5.74) is 1.98. The largest absolute Gasteiger partial charge is 0.455 e. The molecule has 1 rings (SSSR count). The standard InChI is InChI=1S/C24H34O4.C2H6O2/c1-5-8-9-10-11-12-13-16-20-17-14-15-18-21(20)24(28-23(26)7-3)19(4)27-22(25)6-2;3-1-2-4/h6-7,14-15,17-19,24H,2-3,5,8-13,16H2,1,4H3;3-4H,1-2H2. The molecule has 0 aliphatic carbocycles. The first kappa shape index (κ1) is 29.6. The Morgan fingerprint density at radius 1 is 0.906 bits per heavy atom. The quantitative estimate of drug-likeness (QED) is 0.227. The van der Waals surface area contributed by atoms with Crippen LogP contribution in [0, 0.1) is 0 Å². The van der Waals surface area contributed by atoms with E-state index in [0.29, 0.717) is 0 Å². The predicted molar refractivity (Wildman–Crippen MR) is 127 cm³/mol. The van der Waals surface area contributed by atoms with Crippen molar-refractivity contribution in [3.8, 4) is 0 Å². The Balaban J connectivity index is 0.00000220. The second-order valence-electron chi connectivity index (χ2n) is 7.43. The van der Waals surface area contributed by atoms with Crippen LogP contribution in [0.5, 0.6) is 0 Å². The molecule has 6 nitrogen and oxygen atoms in total. The van der Waals surface area contributed by atoms with Crippen LogP contribution >= 0.6 is 0 Å². The van der Waals surface area contributed by atoms with Gasteiger partial charge in [-0.3, -0.25) is 0 Å². The molecule has 0 aliphatic rings. The van der Waals surface area contributed by atoms with Crippen LogP contribution in [0.15, 0.2) is 49.6 Å². The summed E-state index contributed by atoms with van der Waals surface area (Å²) in [6.45, 7) is 10.6. The van der Waals surface area contributed by atoms with Gasteiger partial charge in [-0.1, -0.05) is 82.9 Å². The monoisotopic (exact) mass is 448 g/mol. The summed E-state index contributed by atoms with van der Waals surface area (Å²) in [7, 11) is 0. The molecule has 0 radical (unpaired) electrons. The van der Waals surface area contributed by atoms with E-state index < -0.39 is 24.1 Å². The van der Waals surface area contributed by atoms with E-state index in [2.05, 4.69) is 20.1 Å². The van der Waals surface area contributed by atoms with Crippen molar-refractivity contribution < 1.29 is 29.3 Å². The second kappa shape index (κ2) is 19.3. The molecule has 0 bridgehead atoms. The second-order valence-corrected chi connectivity index (χ2v) is 7.43. The molecule has 2 atom stereocenters. The minimum absolute atomic E-state index is 0.125. The first-order valence-electron chi connectivity index (χ1n) is 11.4. The van der Waals surface area contributed by atoms with Gasteiger partial charge in [-0.25, -0.2) is 9.59 Å². The van der Waals surface area contributed by atoms with Crippen LogP contribution < -0.4 is 0 Å². The molecule has 2 N–H and O–H groups in total. The summed E-state index contributed by atoms with van der Waals surface area (Å²) in [6.07, 6.45) is 10.4. The minimum Gasteiger partial charge on any atom is -0.455 e. The molecule has 0 aromatic heterocycles. The maximum absolute atomic E-state index is 11.9. The zero-order valence-electron chi connectivity index (χ0n) is 19.6. The Bertz CT molecular complexity index is 668. The molecular weight excluding hydrogens is 408 g/mol. The van der Waals surface area contributed by atoms with Gasteiger partial charge in [-0.05, 0) is 30.9 Å². The molecule has 2 unspecified atom stereocenters. The summed E-state index contributed by atoms with van der Waals surface area (Å²) >= 11 is 0. The highest BCUT2D eigenvalue weighted by Crippen LogP contribution is 2.28. The lowest BCUT2D eigenvalue weighted by Gasteiger charge is -2.25. The van der Waals surface area contributed by atoms with Gasteiger partial charge in [-0.2, -0.15) is 0 Å². The van der Waals surface area contributed by atoms with Crippen molar-refractivity contribution in [3.63, 3.8) is 0 Å². The summed E-state index contributed by atoms with van der Waals surface area (Å²) < 4.78 is 10.9. The minimum atomic E-state index is -0.685. The zero-order chi connectivity index (χ0) is 24.2. The summed E-state index contributed by atoms with van der Waals surface area (Å²) in [6, 6.07) is 7.85. The molecule has 0 saturated heterocycles. The number of hydrogen-bond donors (Lipinski definition) is 2. The maximum Gasteiger partial charge on any atom is 0.330 e. The maximum atomic E-state index is 11.9. The van der Waals surface area contributed by atoms with Crippen LogP contribution in [0.25, 0.3) is 0 Å². The van der Waals surface area contributed by atoms with Crippen LogP contribution in [0.1, 0.15) is 76.0 Å². The fourth-order valence-corrected chi connectivity index (χ4v) is 3.19. The Kier molecular flexibility index (Phi) is 17.8. The van der Waals surface area contributed by atoms with Gasteiger partial charge in [0.25, 0.3) is 0 Å². The van der Waals surface area contributed by atoms with Gasteiger partial charge in [0.05, 0.1) is 13.2 Å². The fourth-order valence-electron chi connectivity index (χ4n) is 3.19. The molecule has 0 amide bonds. The number of hydrogen-bond acceptors (Lipinski definition) is 6. The normalized spacial score (nSPS) is 12.0. The SMILES string of the molecule is C=CC(=O)OC(C)C(OC(=O)C=C)c1ccccc1CCCCCCCCC.OCCO. The van der Waals surface area contributed by atoms with Crippen LogP contribution in [0.3, 0.4) is 0 Å². The molecule has 1 aromatic carbocycles. The Labute approximate surface area is 192 Å². The van der Waals surface area contributed by atoms with E-state index in [1.54, 1.807) is 6.92 Å². The first-order chi connectivity index (χ1) is 15.4. The Morgan fingerprint density at radius 3 is 2.00 bits per heavy atom. The van der Waals surface area contributed by atoms with Gasteiger partial charge < -0.3 is 19.7 Å². The van der Waals surface area contributed by atoms with Gasteiger partial charge in [-0.15, -0.1) is 0 Å². The smallest absolute Gasteiger partial charge is 0.330 e. The number of unbranched alkanes of at least 4 members (excludes halogenated alkanes) is 6. The third-order valence-corrected chi connectivity index (χ3v) is 4.82. The number of rotatable bonds is 15. The Hall–Kier alpha value is -2.44. The number of ether oxygens (including phenoxy) is 2. The molecule has 0 fully saturated rings. The number of benzene rings is 1. The third-order valence-electron chi connectivity index (χ3n) is 4.82. The van der Waals surface area contributed by atoms with Crippen LogP contribution in [-0.4, -0.2) is 41.5 Å². The number of carbonyl (C=O) groups is 2. The van der Waals surface area contributed by atoms with E-state index in [1.165, 1.54) is 38.5 Å². The molecule has 32 heavy (non-hydrogen) atoms. The van der Waals surface area contributed by atoms with E-state index in [0.717, 1.165) is 36.1 Å². The van der Waals surface area contributed by atoms with Crippen molar-refractivity contribution in [2.24, 2.45) is 0 Å². The van der Waals surface area contributed by atoms with Crippen molar-refractivity contribution in [2.45, 2.75) is 77.4 Å². The lowest BCUT2D eigenvalue weighted by molar-refractivity contribution is -0.160. The summed E-state index contributed by atoms with van der Waals surface area (Å²) in [5, 5.41) is 15.2. The van der Waals surface area contributed by atoms with Crippen LogP contribution in [-0.2, 0) is 25.5 Å². The van der Waals surface area contributed by atoms with Gasteiger partial charge in [0.2, 0.25) is 0 Å². The topological polar surface area (TPSA) is 93.1 Å². The van der Waals surface area contributed by atoms with Crippen LogP contribution in [0.2, 0.25) is 0 Å².